The van der Waals surface area contributed by atoms with E-state index in [1.807, 2.05) is 62.3 Å². The van der Waals surface area contributed by atoms with Gasteiger partial charge in [0.15, 0.2) is 0 Å². The first-order valence-corrected chi connectivity index (χ1v) is 8.98. The van der Waals surface area contributed by atoms with Gasteiger partial charge in [0, 0.05) is 38.1 Å². The summed E-state index contributed by atoms with van der Waals surface area (Å²) in [5.74, 6) is -0.791. The summed E-state index contributed by atoms with van der Waals surface area (Å²) in [7, 11) is 9.39. The number of rotatable bonds is 7. The number of hydrogen-bond acceptors (Lipinski definition) is 5. The van der Waals surface area contributed by atoms with E-state index < -0.39 is 11.8 Å². The van der Waals surface area contributed by atoms with E-state index in [4.69, 9.17) is 4.74 Å². The minimum absolute atomic E-state index is 0.0511. The van der Waals surface area contributed by atoms with Crippen LogP contribution in [-0.2, 0) is 9.59 Å². The highest BCUT2D eigenvalue weighted by Crippen LogP contribution is 2.21. The van der Waals surface area contributed by atoms with Gasteiger partial charge in [-0.2, -0.15) is 0 Å². The molecule has 7 heteroatoms. The van der Waals surface area contributed by atoms with Crippen LogP contribution in [-0.4, -0.2) is 58.6 Å². The van der Waals surface area contributed by atoms with Crippen molar-refractivity contribution in [2.75, 3.05) is 52.1 Å². The molecule has 0 saturated carbocycles. The largest absolute Gasteiger partial charge is 0.497 e. The first-order valence-electron chi connectivity index (χ1n) is 8.98. The van der Waals surface area contributed by atoms with Gasteiger partial charge < -0.3 is 25.2 Å². The summed E-state index contributed by atoms with van der Waals surface area (Å²) in [6.07, 6.45) is 0. The molecule has 0 radical (unpaired) electrons. The zero-order valence-corrected chi connectivity index (χ0v) is 17.0. The zero-order valence-electron chi connectivity index (χ0n) is 17.0. The number of carbonyl (C=O) groups excluding carboxylic acids is 2. The molecule has 0 fully saturated rings. The average molecular weight is 384 g/mol. The van der Waals surface area contributed by atoms with Crippen molar-refractivity contribution in [3.8, 4) is 5.75 Å². The summed E-state index contributed by atoms with van der Waals surface area (Å²) >= 11 is 0. The molecule has 0 heterocycles. The molecule has 0 bridgehead atoms. The predicted molar refractivity (Wildman–Crippen MR) is 112 cm³/mol. The van der Waals surface area contributed by atoms with Crippen LogP contribution in [0, 0.1) is 0 Å². The van der Waals surface area contributed by atoms with Crippen LogP contribution in [0.15, 0.2) is 48.5 Å². The Hall–Kier alpha value is -3.06. The highest BCUT2D eigenvalue weighted by molar-refractivity contribution is 6.39. The van der Waals surface area contributed by atoms with Crippen molar-refractivity contribution < 1.29 is 14.3 Å². The molecule has 2 aromatic rings. The highest BCUT2D eigenvalue weighted by Gasteiger charge is 2.19. The molecular formula is C21H28N4O3. The number of ether oxygens (including phenoxy) is 1. The molecule has 28 heavy (non-hydrogen) atoms. The normalized spacial score (nSPS) is 11.6. The molecule has 0 saturated heterocycles. The Morgan fingerprint density at radius 3 is 2.25 bits per heavy atom. The third kappa shape index (κ3) is 5.72. The number of likely N-dealkylation sites (N-methyl/N-ethyl adjacent to an activating group) is 1. The number of nitrogens with zero attached hydrogens (tertiary/aromatic N) is 2. The fourth-order valence-electron chi connectivity index (χ4n) is 2.75. The van der Waals surface area contributed by atoms with Crippen LogP contribution in [0.4, 0.5) is 11.4 Å². The monoisotopic (exact) mass is 384 g/mol. The summed E-state index contributed by atoms with van der Waals surface area (Å²) in [5.41, 5.74) is 2.66. The number of benzene rings is 2. The van der Waals surface area contributed by atoms with Gasteiger partial charge in [0.2, 0.25) is 0 Å². The standard InChI is InChI=1S/C21H28N4O3/c1-24(2)17-11-9-15(10-12-17)19(25(3)4)14-22-20(26)21(27)23-16-7-6-8-18(13-16)28-5/h6-13,19H,14H2,1-5H3,(H,22,26)(H,23,27)/t19-/m0/s1. The molecule has 2 N–H and O–H groups in total. The van der Waals surface area contributed by atoms with Crippen molar-refractivity contribution in [3.05, 3.63) is 54.1 Å². The lowest BCUT2D eigenvalue weighted by atomic mass is 10.1. The van der Waals surface area contributed by atoms with Crippen molar-refractivity contribution >= 4 is 23.2 Å². The molecule has 0 aromatic heterocycles. The Morgan fingerprint density at radius 1 is 1.00 bits per heavy atom. The van der Waals surface area contributed by atoms with Crippen LogP contribution < -0.4 is 20.3 Å². The maximum absolute atomic E-state index is 12.2. The molecule has 150 valence electrons. The van der Waals surface area contributed by atoms with E-state index in [-0.39, 0.29) is 6.04 Å². The molecule has 7 nitrogen and oxygen atoms in total. The van der Waals surface area contributed by atoms with Crippen LogP contribution in [0.2, 0.25) is 0 Å². The molecule has 0 aliphatic carbocycles. The average Bonchev–Trinajstić information content (AvgIpc) is 2.68. The lowest BCUT2D eigenvalue weighted by Gasteiger charge is -2.25. The number of hydrogen-bond donors (Lipinski definition) is 2. The van der Waals surface area contributed by atoms with E-state index in [1.54, 1.807) is 31.4 Å². The number of amides is 2. The van der Waals surface area contributed by atoms with Gasteiger partial charge in [-0.05, 0) is 43.9 Å². The lowest BCUT2D eigenvalue weighted by Crippen LogP contribution is -2.40. The van der Waals surface area contributed by atoms with Gasteiger partial charge in [0.05, 0.1) is 13.2 Å². The SMILES string of the molecule is COc1cccc(NC(=O)C(=O)NC[C@@H](c2ccc(N(C)C)cc2)N(C)C)c1. The van der Waals surface area contributed by atoms with Crippen molar-refractivity contribution in [1.29, 1.82) is 0 Å². The van der Waals surface area contributed by atoms with Crippen molar-refractivity contribution in [3.63, 3.8) is 0 Å². The third-order valence-electron chi connectivity index (χ3n) is 4.41. The molecular weight excluding hydrogens is 356 g/mol. The van der Waals surface area contributed by atoms with Gasteiger partial charge in [-0.1, -0.05) is 18.2 Å². The Balaban J connectivity index is 1.98. The van der Waals surface area contributed by atoms with Gasteiger partial charge in [-0.3, -0.25) is 9.59 Å². The molecule has 2 rings (SSSR count). The highest BCUT2D eigenvalue weighted by atomic mass is 16.5. The van der Waals surface area contributed by atoms with Crippen LogP contribution in [0.1, 0.15) is 11.6 Å². The number of anilines is 2. The van der Waals surface area contributed by atoms with E-state index in [1.165, 1.54) is 0 Å². The molecule has 0 aliphatic rings. The third-order valence-corrected chi connectivity index (χ3v) is 4.41. The van der Waals surface area contributed by atoms with Crippen LogP contribution >= 0.6 is 0 Å². The second kappa shape index (κ2) is 9.75. The van der Waals surface area contributed by atoms with Gasteiger partial charge in [-0.15, -0.1) is 0 Å². The molecule has 2 amide bonds. The van der Waals surface area contributed by atoms with E-state index in [2.05, 4.69) is 10.6 Å². The molecule has 0 unspecified atom stereocenters. The Labute approximate surface area is 166 Å². The number of methoxy groups -OCH3 is 1. The fourth-order valence-corrected chi connectivity index (χ4v) is 2.75. The summed E-state index contributed by atoms with van der Waals surface area (Å²) in [6, 6.07) is 14.9. The Morgan fingerprint density at radius 2 is 1.68 bits per heavy atom. The second-order valence-corrected chi connectivity index (χ2v) is 6.86. The van der Waals surface area contributed by atoms with Gasteiger partial charge in [0.25, 0.3) is 0 Å². The summed E-state index contributed by atoms with van der Waals surface area (Å²) < 4.78 is 5.11. The Bertz CT molecular complexity index is 804. The molecule has 1 atom stereocenters. The van der Waals surface area contributed by atoms with Gasteiger partial charge >= 0.3 is 11.8 Å². The van der Waals surface area contributed by atoms with E-state index in [0.717, 1.165) is 11.3 Å². The minimum atomic E-state index is -0.714. The molecule has 0 spiro atoms. The van der Waals surface area contributed by atoms with Crippen molar-refractivity contribution in [1.82, 2.24) is 10.2 Å². The fraction of sp³-hybridized carbons (Fsp3) is 0.333. The van der Waals surface area contributed by atoms with Crippen LogP contribution in [0.5, 0.6) is 5.75 Å². The van der Waals surface area contributed by atoms with E-state index in [0.29, 0.717) is 18.0 Å². The molecule has 0 aliphatic heterocycles. The van der Waals surface area contributed by atoms with Crippen molar-refractivity contribution in [2.24, 2.45) is 0 Å². The maximum atomic E-state index is 12.2. The Kier molecular flexibility index (Phi) is 7.40. The second-order valence-electron chi connectivity index (χ2n) is 6.86. The summed E-state index contributed by atoms with van der Waals surface area (Å²) in [5, 5.41) is 5.29. The van der Waals surface area contributed by atoms with Gasteiger partial charge in [-0.25, -0.2) is 0 Å². The topological polar surface area (TPSA) is 73.9 Å². The zero-order chi connectivity index (χ0) is 20.7. The predicted octanol–water partition coefficient (Wildman–Crippen LogP) is 2.12. The van der Waals surface area contributed by atoms with Crippen molar-refractivity contribution in [2.45, 2.75) is 6.04 Å². The van der Waals surface area contributed by atoms with Gasteiger partial charge in [0.1, 0.15) is 5.75 Å². The quantitative estimate of drug-likeness (QED) is 0.716. The maximum Gasteiger partial charge on any atom is 0.313 e. The van der Waals surface area contributed by atoms with Crippen LogP contribution in [0.25, 0.3) is 0 Å². The summed E-state index contributed by atoms with van der Waals surface area (Å²) in [6.45, 7) is 0.318. The lowest BCUT2D eigenvalue weighted by molar-refractivity contribution is -0.136. The number of carbonyl (C=O) groups is 2. The van der Waals surface area contributed by atoms with E-state index >= 15 is 0 Å². The molecule has 2 aromatic carbocycles. The number of nitrogens with one attached hydrogen (secondary N) is 2. The van der Waals surface area contributed by atoms with Crippen LogP contribution in [0.3, 0.4) is 0 Å². The minimum Gasteiger partial charge on any atom is -0.497 e. The summed E-state index contributed by atoms with van der Waals surface area (Å²) in [4.78, 5) is 28.4. The first kappa shape index (κ1) is 21.2. The van der Waals surface area contributed by atoms with E-state index in [9.17, 15) is 9.59 Å². The smallest absolute Gasteiger partial charge is 0.313 e. The first-order chi connectivity index (χ1) is 13.3.